The zero-order valence-electron chi connectivity index (χ0n) is 14.7. The number of urea groups is 1. The minimum Gasteiger partial charge on any atom is -0.378 e. The Balaban J connectivity index is 1.51. The van der Waals surface area contributed by atoms with Gasteiger partial charge in [-0.25, -0.2) is 9.78 Å². The maximum atomic E-state index is 12.4. The van der Waals surface area contributed by atoms with E-state index in [2.05, 4.69) is 27.6 Å². The third kappa shape index (κ3) is 3.55. The van der Waals surface area contributed by atoms with E-state index in [1.807, 2.05) is 6.92 Å². The first-order valence-electron chi connectivity index (χ1n) is 9.15. The largest absolute Gasteiger partial charge is 0.378 e. The first kappa shape index (κ1) is 17.2. The summed E-state index contributed by atoms with van der Waals surface area (Å²) in [5.74, 6) is 0. The van der Waals surface area contributed by atoms with Crippen LogP contribution < -0.4 is 10.6 Å². The van der Waals surface area contributed by atoms with Crippen LogP contribution in [0.2, 0.25) is 0 Å². The maximum absolute atomic E-state index is 12.4. The summed E-state index contributed by atoms with van der Waals surface area (Å²) in [7, 11) is 0. The van der Waals surface area contributed by atoms with E-state index in [4.69, 9.17) is 4.74 Å². The van der Waals surface area contributed by atoms with Crippen LogP contribution in [0.15, 0.2) is 12.7 Å². The standard InChI is InChI=1S/C17H29N5O2/c1-3-24-15-9-14(17(15)7-5-4-6-8-17)21-16(23)20-13(2)10-22-12-18-11-19-22/h11-15H,3-10H2,1-2H3,(H2,20,21,23). The van der Waals surface area contributed by atoms with Crippen molar-refractivity contribution < 1.29 is 9.53 Å². The lowest BCUT2D eigenvalue weighted by molar-refractivity contribution is -0.146. The van der Waals surface area contributed by atoms with Gasteiger partial charge < -0.3 is 15.4 Å². The lowest BCUT2D eigenvalue weighted by atomic mass is 9.55. The average Bonchev–Trinajstić information content (AvgIpc) is 3.07. The smallest absolute Gasteiger partial charge is 0.315 e. The summed E-state index contributed by atoms with van der Waals surface area (Å²) in [5, 5.41) is 10.3. The highest BCUT2D eigenvalue weighted by atomic mass is 16.5. The molecule has 0 aromatic carbocycles. The van der Waals surface area contributed by atoms with Gasteiger partial charge in [0.05, 0.1) is 12.6 Å². The number of nitrogens with one attached hydrogen (secondary N) is 2. The maximum Gasteiger partial charge on any atom is 0.315 e. The highest BCUT2D eigenvalue weighted by Gasteiger charge is 2.56. The molecule has 7 heteroatoms. The molecule has 134 valence electrons. The second-order valence-electron chi connectivity index (χ2n) is 7.16. The SMILES string of the molecule is CCOC1CC(NC(=O)NC(C)Cn2cncn2)C12CCCCC2. The number of hydrogen-bond donors (Lipinski definition) is 2. The van der Waals surface area contributed by atoms with E-state index in [1.54, 1.807) is 11.0 Å². The number of carbonyl (C=O) groups excluding carboxylic acids is 1. The molecule has 2 amide bonds. The Morgan fingerprint density at radius 3 is 2.88 bits per heavy atom. The van der Waals surface area contributed by atoms with Gasteiger partial charge in [-0.3, -0.25) is 4.68 Å². The summed E-state index contributed by atoms with van der Waals surface area (Å²) in [5.41, 5.74) is 0.154. The lowest BCUT2D eigenvalue weighted by Crippen LogP contribution is -2.66. The van der Waals surface area contributed by atoms with Crippen molar-refractivity contribution in [2.24, 2.45) is 5.41 Å². The van der Waals surface area contributed by atoms with E-state index in [-0.39, 0.29) is 23.5 Å². The fourth-order valence-electron chi connectivity index (χ4n) is 4.34. The zero-order valence-corrected chi connectivity index (χ0v) is 14.7. The number of aromatic nitrogens is 3. The van der Waals surface area contributed by atoms with Gasteiger partial charge in [0.2, 0.25) is 0 Å². The number of amides is 2. The quantitative estimate of drug-likeness (QED) is 0.834. The molecule has 1 heterocycles. The Morgan fingerprint density at radius 2 is 2.21 bits per heavy atom. The van der Waals surface area contributed by atoms with E-state index < -0.39 is 0 Å². The van der Waals surface area contributed by atoms with E-state index in [1.165, 1.54) is 25.6 Å². The Kier molecular flexibility index (Phi) is 5.38. The summed E-state index contributed by atoms with van der Waals surface area (Å²) in [4.78, 5) is 16.3. The van der Waals surface area contributed by atoms with Gasteiger partial charge in [-0.15, -0.1) is 0 Å². The first-order chi connectivity index (χ1) is 11.6. The fraction of sp³-hybridized carbons (Fsp3) is 0.824. The van der Waals surface area contributed by atoms with Crippen LogP contribution >= 0.6 is 0 Å². The average molecular weight is 335 g/mol. The number of nitrogens with zero attached hydrogens (tertiary/aromatic N) is 3. The molecule has 0 radical (unpaired) electrons. The van der Waals surface area contributed by atoms with Crippen molar-refractivity contribution in [2.45, 2.75) is 77.1 Å². The highest BCUT2D eigenvalue weighted by Crippen LogP contribution is 2.53. The molecule has 2 fully saturated rings. The van der Waals surface area contributed by atoms with Gasteiger partial charge in [-0.05, 0) is 33.1 Å². The summed E-state index contributed by atoms with van der Waals surface area (Å²) >= 11 is 0. The van der Waals surface area contributed by atoms with Crippen LogP contribution in [-0.2, 0) is 11.3 Å². The molecule has 3 unspecified atom stereocenters. The molecule has 2 saturated carbocycles. The molecule has 24 heavy (non-hydrogen) atoms. The van der Waals surface area contributed by atoms with Gasteiger partial charge in [0, 0.05) is 24.1 Å². The Bertz CT molecular complexity index is 527. The minimum atomic E-state index is -0.0903. The Hall–Kier alpha value is -1.63. The van der Waals surface area contributed by atoms with Gasteiger partial charge >= 0.3 is 6.03 Å². The topological polar surface area (TPSA) is 81.1 Å². The van der Waals surface area contributed by atoms with Crippen LogP contribution in [0.5, 0.6) is 0 Å². The summed E-state index contributed by atoms with van der Waals surface area (Å²) < 4.78 is 7.67. The second kappa shape index (κ2) is 7.51. The van der Waals surface area contributed by atoms with Gasteiger partial charge in [0.25, 0.3) is 0 Å². The third-order valence-corrected chi connectivity index (χ3v) is 5.55. The molecule has 0 bridgehead atoms. The molecular weight excluding hydrogens is 306 g/mol. The van der Waals surface area contributed by atoms with Crippen molar-refractivity contribution in [1.82, 2.24) is 25.4 Å². The van der Waals surface area contributed by atoms with Gasteiger partial charge in [0.1, 0.15) is 12.7 Å². The van der Waals surface area contributed by atoms with Crippen LogP contribution in [-0.4, -0.2) is 45.6 Å². The van der Waals surface area contributed by atoms with E-state index in [0.29, 0.717) is 12.6 Å². The summed E-state index contributed by atoms with van der Waals surface area (Å²) in [6.07, 6.45) is 10.5. The highest BCUT2D eigenvalue weighted by molar-refractivity contribution is 5.74. The Labute approximate surface area is 143 Å². The number of ether oxygens (including phenoxy) is 1. The van der Waals surface area contributed by atoms with E-state index in [9.17, 15) is 4.79 Å². The molecule has 7 nitrogen and oxygen atoms in total. The number of hydrogen-bond acceptors (Lipinski definition) is 4. The summed E-state index contributed by atoms with van der Waals surface area (Å²) in [6.45, 7) is 5.39. The van der Waals surface area contributed by atoms with Crippen molar-refractivity contribution in [3.63, 3.8) is 0 Å². The fourth-order valence-corrected chi connectivity index (χ4v) is 4.34. The monoisotopic (exact) mass is 335 g/mol. The predicted octanol–water partition coefficient (Wildman–Crippen LogP) is 2.09. The van der Waals surface area contributed by atoms with Crippen LogP contribution in [0.3, 0.4) is 0 Å². The number of rotatable bonds is 6. The lowest BCUT2D eigenvalue weighted by Gasteiger charge is -2.57. The van der Waals surface area contributed by atoms with Gasteiger partial charge in [-0.2, -0.15) is 5.10 Å². The molecule has 1 aromatic rings. The van der Waals surface area contributed by atoms with Crippen LogP contribution in [0, 0.1) is 5.41 Å². The second-order valence-corrected chi connectivity index (χ2v) is 7.16. The molecule has 2 aliphatic rings. The van der Waals surface area contributed by atoms with Crippen LogP contribution in [0.1, 0.15) is 52.4 Å². The molecule has 3 atom stereocenters. The van der Waals surface area contributed by atoms with E-state index >= 15 is 0 Å². The van der Waals surface area contributed by atoms with Crippen molar-refractivity contribution in [1.29, 1.82) is 0 Å². The van der Waals surface area contributed by atoms with Crippen molar-refractivity contribution in [3.8, 4) is 0 Å². The molecule has 0 aliphatic heterocycles. The molecule has 2 aliphatic carbocycles. The molecular formula is C17H29N5O2. The van der Waals surface area contributed by atoms with E-state index in [0.717, 1.165) is 25.9 Å². The molecule has 1 spiro atoms. The zero-order chi connectivity index (χ0) is 17.0. The van der Waals surface area contributed by atoms with Crippen molar-refractivity contribution in [3.05, 3.63) is 12.7 Å². The van der Waals surface area contributed by atoms with Gasteiger partial charge in [-0.1, -0.05) is 19.3 Å². The van der Waals surface area contributed by atoms with Gasteiger partial charge in [0.15, 0.2) is 0 Å². The minimum absolute atomic E-state index is 0.00299. The molecule has 1 aromatic heterocycles. The van der Waals surface area contributed by atoms with Crippen LogP contribution in [0.25, 0.3) is 0 Å². The molecule has 3 rings (SSSR count). The first-order valence-corrected chi connectivity index (χ1v) is 9.15. The third-order valence-electron chi connectivity index (χ3n) is 5.55. The van der Waals surface area contributed by atoms with Crippen molar-refractivity contribution >= 4 is 6.03 Å². The number of carbonyl (C=O) groups is 1. The Morgan fingerprint density at radius 1 is 1.42 bits per heavy atom. The van der Waals surface area contributed by atoms with Crippen LogP contribution in [0.4, 0.5) is 4.79 Å². The van der Waals surface area contributed by atoms with Crippen molar-refractivity contribution in [2.75, 3.05) is 6.61 Å². The summed E-state index contributed by atoms with van der Waals surface area (Å²) in [6, 6.07) is 0.136. The molecule has 2 N–H and O–H groups in total. The normalized spacial score (nSPS) is 26.6. The molecule has 0 saturated heterocycles. The predicted molar refractivity (Wildman–Crippen MR) is 90.5 cm³/mol.